The highest BCUT2D eigenvalue weighted by Crippen LogP contribution is 2.17. The van der Waals surface area contributed by atoms with Gasteiger partial charge in [0.05, 0.1) is 16.8 Å². The number of aromatic amines is 1. The highest BCUT2D eigenvalue weighted by molar-refractivity contribution is 7.90. The standard InChI is InChI=1S/C11H9ClNO2S/c12-10-3-1-9(2-4-10)8-16(14,15)11-5-6-13-7-11/h1-5,7,13H,8H2. The van der Waals surface area contributed by atoms with E-state index in [2.05, 4.69) is 11.2 Å². The van der Waals surface area contributed by atoms with Crippen LogP contribution in [0.25, 0.3) is 0 Å². The number of rotatable bonds is 3. The first kappa shape index (κ1) is 11.2. The minimum Gasteiger partial charge on any atom is -0.359 e. The van der Waals surface area contributed by atoms with E-state index in [1.807, 2.05) is 0 Å². The van der Waals surface area contributed by atoms with Gasteiger partial charge >= 0.3 is 0 Å². The van der Waals surface area contributed by atoms with Crippen molar-refractivity contribution in [2.45, 2.75) is 10.6 Å². The van der Waals surface area contributed by atoms with Crippen molar-refractivity contribution in [2.24, 2.45) is 0 Å². The minimum absolute atomic E-state index is 0.0319. The largest absolute Gasteiger partial charge is 0.359 e. The molecule has 83 valence electrons. The Hall–Kier alpha value is -1.26. The molecule has 1 aromatic carbocycles. The zero-order chi connectivity index (χ0) is 11.6. The van der Waals surface area contributed by atoms with E-state index in [0.717, 1.165) is 0 Å². The smallest absolute Gasteiger partial charge is 0.184 e. The SMILES string of the molecule is O=S(=O)(Cc1ccc(Cl)cc1)c1c[c][nH]c1. The van der Waals surface area contributed by atoms with Crippen molar-refractivity contribution in [1.82, 2.24) is 4.98 Å². The van der Waals surface area contributed by atoms with Gasteiger partial charge in [-0.15, -0.1) is 0 Å². The third-order valence-corrected chi connectivity index (χ3v) is 4.06. The molecule has 0 bridgehead atoms. The molecule has 3 nitrogen and oxygen atoms in total. The van der Waals surface area contributed by atoms with Crippen LogP contribution in [0.1, 0.15) is 5.56 Å². The quantitative estimate of drug-likeness (QED) is 0.915. The Kier molecular flexibility index (Phi) is 3.03. The molecule has 1 heterocycles. The third kappa shape index (κ3) is 2.46. The van der Waals surface area contributed by atoms with Gasteiger partial charge in [-0.3, -0.25) is 0 Å². The zero-order valence-corrected chi connectivity index (χ0v) is 9.85. The summed E-state index contributed by atoms with van der Waals surface area (Å²) in [5.74, 6) is -0.0319. The fourth-order valence-corrected chi connectivity index (χ4v) is 2.73. The molecule has 2 aromatic rings. The number of benzene rings is 1. The molecule has 1 N–H and O–H groups in total. The maximum Gasteiger partial charge on any atom is 0.184 e. The Morgan fingerprint density at radius 2 is 1.94 bits per heavy atom. The van der Waals surface area contributed by atoms with Crippen LogP contribution in [0.3, 0.4) is 0 Å². The minimum atomic E-state index is -3.29. The van der Waals surface area contributed by atoms with Gasteiger partial charge in [-0.05, 0) is 23.8 Å². The van der Waals surface area contributed by atoms with Gasteiger partial charge in [-0.25, -0.2) is 8.42 Å². The number of hydrogen-bond acceptors (Lipinski definition) is 2. The molecule has 0 saturated carbocycles. The number of hydrogen-bond donors (Lipinski definition) is 1. The Balaban J connectivity index is 2.25. The van der Waals surface area contributed by atoms with Crippen molar-refractivity contribution in [2.75, 3.05) is 0 Å². The Morgan fingerprint density at radius 3 is 2.50 bits per heavy atom. The predicted molar refractivity (Wildman–Crippen MR) is 62.0 cm³/mol. The van der Waals surface area contributed by atoms with Crippen molar-refractivity contribution in [3.8, 4) is 0 Å². The molecule has 0 aliphatic rings. The summed E-state index contributed by atoms with van der Waals surface area (Å²) in [4.78, 5) is 2.86. The van der Waals surface area contributed by atoms with Gasteiger partial charge in [0.15, 0.2) is 9.84 Å². The lowest BCUT2D eigenvalue weighted by Gasteiger charge is -2.02. The normalized spacial score (nSPS) is 11.6. The van der Waals surface area contributed by atoms with Crippen LogP contribution in [0, 0.1) is 6.20 Å². The van der Waals surface area contributed by atoms with Crippen LogP contribution < -0.4 is 0 Å². The number of nitrogens with one attached hydrogen (secondary N) is 1. The summed E-state index contributed by atoms with van der Waals surface area (Å²) in [6.45, 7) is 0. The molecule has 0 spiro atoms. The lowest BCUT2D eigenvalue weighted by molar-refractivity contribution is 0.595. The van der Waals surface area contributed by atoms with E-state index in [4.69, 9.17) is 11.6 Å². The molecule has 0 fully saturated rings. The van der Waals surface area contributed by atoms with Gasteiger partial charge in [0.2, 0.25) is 0 Å². The van der Waals surface area contributed by atoms with Gasteiger partial charge in [0.1, 0.15) is 0 Å². The average molecular weight is 255 g/mol. The summed E-state index contributed by atoms with van der Waals surface area (Å²) in [5, 5.41) is 0.594. The van der Waals surface area contributed by atoms with E-state index < -0.39 is 9.84 Å². The van der Waals surface area contributed by atoms with E-state index >= 15 is 0 Å². The monoisotopic (exact) mass is 254 g/mol. The first-order valence-electron chi connectivity index (χ1n) is 4.59. The second-order valence-corrected chi connectivity index (χ2v) is 5.79. The van der Waals surface area contributed by atoms with E-state index in [0.29, 0.717) is 10.6 Å². The Labute approximate surface area is 99.0 Å². The molecule has 0 aliphatic carbocycles. The molecule has 0 amide bonds. The van der Waals surface area contributed by atoms with Crippen LogP contribution in [-0.2, 0) is 15.6 Å². The van der Waals surface area contributed by atoms with E-state index in [1.165, 1.54) is 12.3 Å². The number of halogens is 1. The van der Waals surface area contributed by atoms with Gasteiger partial charge in [0, 0.05) is 11.2 Å². The zero-order valence-electron chi connectivity index (χ0n) is 8.27. The van der Waals surface area contributed by atoms with Crippen LogP contribution in [0.2, 0.25) is 5.02 Å². The lowest BCUT2D eigenvalue weighted by atomic mass is 10.2. The van der Waals surface area contributed by atoms with Crippen LogP contribution >= 0.6 is 11.6 Å². The summed E-state index contributed by atoms with van der Waals surface area (Å²) < 4.78 is 23.7. The molecule has 0 aliphatic heterocycles. The topological polar surface area (TPSA) is 49.9 Å². The van der Waals surface area contributed by atoms with Crippen molar-refractivity contribution in [3.63, 3.8) is 0 Å². The molecule has 16 heavy (non-hydrogen) atoms. The van der Waals surface area contributed by atoms with Crippen LogP contribution in [0.4, 0.5) is 0 Å². The highest BCUT2D eigenvalue weighted by Gasteiger charge is 2.15. The number of H-pyrrole nitrogens is 1. The molecular weight excluding hydrogens is 246 g/mol. The molecule has 0 atom stereocenters. The van der Waals surface area contributed by atoms with E-state index in [9.17, 15) is 8.42 Å². The van der Waals surface area contributed by atoms with Crippen LogP contribution in [0.5, 0.6) is 0 Å². The molecule has 0 unspecified atom stereocenters. The van der Waals surface area contributed by atoms with E-state index in [-0.39, 0.29) is 10.6 Å². The summed E-state index contributed by atoms with van der Waals surface area (Å²) in [7, 11) is -3.29. The average Bonchev–Trinajstić information content (AvgIpc) is 2.75. The lowest BCUT2D eigenvalue weighted by Crippen LogP contribution is -2.03. The van der Waals surface area contributed by atoms with Crippen molar-refractivity contribution < 1.29 is 8.42 Å². The van der Waals surface area contributed by atoms with Gasteiger partial charge in [-0.2, -0.15) is 0 Å². The fraction of sp³-hybridized carbons (Fsp3) is 0.0909. The Bertz CT molecular complexity index is 559. The van der Waals surface area contributed by atoms with Crippen molar-refractivity contribution in [3.05, 3.63) is 53.3 Å². The van der Waals surface area contributed by atoms with Gasteiger partial charge in [0.25, 0.3) is 0 Å². The molecule has 0 saturated heterocycles. The van der Waals surface area contributed by atoms with Crippen LogP contribution in [-0.4, -0.2) is 13.4 Å². The van der Waals surface area contributed by atoms with Crippen LogP contribution in [0.15, 0.2) is 41.4 Å². The van der Waals surface area contributed by atoms with Gasteiger partial charge in [-0.1, -0.05) is 23.7 Å². The van der Waals surface area contributed by atoms with Crippen molar-refractivity contribution in [1.29, 1.82) is 0 Å². The fourth-order valence-electron chi connectivity index (χ4n) is 1.33. The maximum atomic E-state index is 11.9. The number of aromatic nitrogens is 1. The summed E-state index contributed by atoms with van der Waals surface area (Å²) >= 11 is 5.72. The third-order valence-electron chi connectivity index (χ3n) is 2.14. The number of sulfone groups is 1. The molecular formula is C11H9ClNO2S. The predicted octanol–water partition coefficient (Wildman–Crippen LogP) is 2.44. The molecule has 2 rings (SSSR count). The summed E-state index contributed by atoms with van der Waals surface area (Å²) in [6.07, 6.45) is 4.03. The second kappa shape index (κ2) is 4.31. The second-order valence-electron chi connectivity index (χ2n) is 3.37. The summed E-state index contributed by atoms with van der Waals surface area (Å²) in [6, 6.07) is 8.18. The first-order valence-corrected chi connectivity index (χ1v) is 6.62. The first-order chi connectivity index (χ1) is 7.58. The maximum absolute atomic E-state index is 11.9. The summed E-state index contributed by atoms with van der Waals surface area (Å²) in [5.41, 5.74) is 0.714. The molecule has 1 aromatic heterocycles. The van der Waals surface area contributed by atoms with Gasteiger partial charge < -0.3 is 4.98 Å². The molecule has 1 radical (unpaired) electrons. The highest BCUT2D eigenvalue weighted by atomic mass is 35.5. The van der Waals surface area contributed by atoms with Crippen molar-refractivity contribution >= 4 is 21.4 Å². The molecule has 5 heteroatoms. The van der Waals surface area contributed by atoms with E-state index in [1.54, 1.807) is 24.3 Å². The Morgan fingerprint density at radius 1 is 1.25 bits per heavy atom.